The van der Waals surface area contributed by atoms with Crippen molar-refractivity contribution in [1.29, 1.82) is 0 Å². The van der Waals surface area contributed by atoms with Crippen molar-refractivity contribution in [2.75, 3.05) is 0 Å². The van der Waals surface area contributed by atoms with Gasteiger partial charge < -0.3 is 9.84 Å². The molecule has 0 fully saturated rings. The van der Waals surface area contributed by atoms with Gasteiger partial charge in [0.05, 0.1) is 11.7 Å². The number of fused-ring (bicyclic) bond motifs is 3. The SMILES string of the molecule is CCCC1N=Cc2ccccc2-n2cnc(OC(=O)O)c21. The third-order valence-corrected chi connectivity index (χ3v) is 3.42. The second kappa shape index (κ2) is 5.40. The highest BCUT2D eigenvalue weighted by atomic mass is 16.7. The average molecular weight is 285 g/mol. The van der Waals surface area contributed by atoms with Gasteiger partial charge in [-0.05, 0) is 12.5 Å². The number of benzene rings is 1. The number of rotatable bonds is 3. The maximum absolute atomic E-state index is 10.8. The minimum absolute atomic E-state index is 0.106. The average Bonchev–Trinajstić information content (AvgIpc) is 2.79. The van der Waals surface area contributed by atoms with Crippen LogP contribution in [0.25, 0.3) is 5.69 Å². The Morgan fingerprint density at radius 2 is 2.24 bits per heavy atom. The zero-order chi connectivity index (χ0) is 14.8. The fraction of sp³-hybridized carbons (Fsp3) is 0.267. The van der Waals surface area contributed by atoms with E-state index in [-0.39, 0.29) is 11.9 Å². The summed E-state index contributed by atoms with van der Waals surface area (Å²) in [6.45, 7) is 2.06. The smallest absolute Gasteiger partial charge is 0.449 e. The standard InChI is InChI=1S/C15H15N3O3/c1-2-5-11-13-14(21-15(19)20)17-9-18(13)12-7-4-3-6-10(12)8-16-11/h3-4,6-9,11H,2,5H2,1H3,(H,19,20). The molecule has 108 valence electrons. The molecular weight excluding hydrogens is 270 g/mol. The van der Waals surface area contributed by atoms with Crippen molar-refractivity contribution in [3.8, 4) is 11.6 Å². The minimum Gasteiger partial charge on any atom is -0.449 e. The lowest BCUT2D eigenvalue weighted by Crippen LogP contribution is -2.09. The van der Waals surface area contributed by atoms with Gasteiger partial charge in [-0.3, -0.25) is 9.56 Å². The molecule has 2 aromatic rings. The van der Waals surface area contributed by atoms with Crippen LogP contribution in [0.15, 0.2) is 35.6 Å². The fourth-order valence-corrected chi connectivity index (χ4v) is 2.54. The molecule has 1 aliphatic heterocycles. The molecule has 1 aromatic heterocycles. The van der Waals surface area contributed by atoms with Crippen LogP contribution in [0.3, 0.4) is 0 Å². The second-order valence-corrected chi connectivity index (χ2v) is 4.81. The molecule has 0 spiro atoms. The first-order chi connectivity index (χ1) is 10.2. The summed E-state index contributed by atoms with van der Waals surface area (Å²) >= 11 is 0. The molecule has 0 bridgehead atoms. The zero-order valence-electron chi connectivity index (χ0n) is 11.6. The van der Waals surface area contributed by atoms with Crippen molar-refractivity contribution in [2.24, 2.45) is 4.99 Å². The molecule has 21 heavy (non-hydrogen) atoms. The molecular formula is C15H15N3O3. The van der Waals surface area contributed by atoms with E-state index in [1.807, 2.05) is 35.0 Å². The van der Waals surface area contributed by atoms with E-state index in [2.05, 4.69) is 16.9 Å². The molecule has 3 rings (SSSR count). The Kier molecular flexibility index (Phi) is 3.43. The van der Waals surface area contributed by atoms with Crippen molar-refractivity contribution in [3.05, 3.63) is 41.9 Å². The number of ether oxygens (including phenoxy) is 1. The first kappa shape index (κ1) is 13.4. The summed E-state index contributed by atoms with van der Waals surface area (Å²) in [6.07, 6.45) is 3.77. The lowest BCUT2D eigenvalue weighted by Gasteiger charge is -2.13. The summed E-state index contributed by atoms with van der Waals surface area (Å²) in [5, 5.41) is 8.86. The molecule has 6 nitrogen and oxygen atoms in total. The van der Waals surface area contributed by atoms with E-state index >= 15 is 0 Å². The maximum Gasteiger partial charge on any atom is 0.512 e. The van der Waals surface area contributed by atoms with Gasteiger partial charge in [0.1, 0.15) is 12.0 Å². The van der Waals surface area contributed by atoms with E-state index in [4.69, 9.17) is 9.84 Å². The van der Waals surface area contributed by atoms with Crippen LogP contribution < -0.4 is 4.74 Å². The number of para-hydroxylation sites is 1. The predicted molar refractivity (Wildman–Crippen MR) is 77.5 cm³/mol. The third kappa shape index (κ3) is 2.40. The summed E-state index contributed by atoms with van der Waals surface area (Å²) in [7, 11) is 0. The van der Waals surface area contributed by atoms with E-state index < -0.39 is 6.16 Å². The summed E-state index contributed by atoms with van der Waals surface area (Å²) < 4.78 is 6.67. The van der Waals surface area contributed by atoms with Crippen molar-refractivity contribution < 1.29 is 14.6 Å². The van der Waals surface area contributed by atoms with Crippen LogP contribution >= 0.6 is 0 Å². The Bertz CT molecular complexity index is 706. The molecule has 1 aliphatic rings. The molecule has 0 radical (unpaired) electrons. The fourth-order valence-electron chi connectivity index (χ4n) is 2.54. The molecule has 1 N–H and O–H groups in total. The van der Waals surface area contributed by atoms with Gasteiger partial charge in [0.15, 0.2) is 0 Å². The highest BCUT2D eigenvalue weighted by Crippen LogP contribution is 2.35. The highest BCUT2D eigenvalue weighted by molar-refractivity contribution is 5.86. The molecule has 0 saturated carbocycles. The Morgan fingerprint density at radius 1 is 1.43 bits per heavy atom. The van der Waals surface area contributed by atoms with E-state index in [0.717, 1.165) is 24.1 Å². The number of carboxylic acid groups (broad SMARTS) is 1. The van der Waals surface area contributed by atoms with Gasteiger partial charge in [-0.15, -0.1) is 0 Å². The molecule has 0 saturated heterocycles. The first-order valence-electron chi connectivity index (χ1n) is 6.81. The topological polar surface area (TPSA) is 76.7 Å². The summed E-state index contributed by atoms with van der Waals surface area (Å²) in [5.74, 6) is 0.106. The molecule has 2 heterocycles. The van der Waals surface area contributed by atoms with Crippen LogP contribution in [0.1, 0.15) is 37.1 Å². The quantitative estimate of drug-likeness (QED) is 0.878. The number of aliphatic imine (C=N–C) groups is 1. The van der Waals surface area contributed by atoms with Crippen LogP contribution in [0.2, 0.25) is 0 Å². The molecule has 0 amide bonds. The third-order valence-electron chi connectivity index (χ3n) is 3.42. The Morgan fingerprint density at radius 3 is 3.00 bits per heavy atom. The number of imidazole rings is 1. The zero-order valence-corrected chi connectivity index (χ0v) is 11.6. The molecule has 6 heteroatoms. The summed E-state index contributed by atoms with van der Waals surface area (Å²) in [6, 6.07) is 7.62. The van der Waals surface area contributed by atoms with Crippen LogP contribution in [0.4, 0.5) is 4.79 Å². The number of nitrogens with zero attached hydrogens (tertiary/aromatic N) is 3. The molecule has 0 aliphatic carbocycles. The van der Waals surface area contributed by atoms with Crippen molar-refractivity contribution in [3.63, 3.8) is 0 Å². The highest BCUT2D eigenvalue weighted by Gasteiger charge is 2.26. The van der Waals surface area contributed by atoms with E-state index in [9.17, 15) is 4.79 Å². The Balaban J connectivity index is 2.18. The van der Waals surface area contributed by atoms with Gasteiger partial charge in [0.25, 0.3) is 0 Å². The van der Waals surface area contributed by atoms with Crippen LogP contribution in [0.5, 0.6) is 5.88 Å². The van der Waals surface area contributed by atoms with Gasteiger partial charge in [-0.25, -0.2) is 9.78 Å². The maximum atomic E-state index is 10.8. The summed E-state index contributed by atoms with van der Waals surface area (Å²) in [5.41, 5.74) is 2.57. The predicted octanol–water partition coefficient (Wildman–Crippen LogP) is 3.20. The molecule has 1 atom stereocenters. The number of hydrogen-bond acceptors (Lipinski definition) is 4. The lowest BCUT2D eigenvalue weighted by atomic mass is 10.1. The van der Waals surface area contributed by atoms with E-state index in [1.165, 1.54) is 0 Å². The van der Waals surface area contributed by atoms with Gasteiger partial charge in [0, 0.05) is 11.8 Å². The molecule has 1 aromatic carbocycles. The first-order valence-corrected chi connectivity index (χ1v) is 6.81. The number of aromatic nitrogens is 2. The number of hydrogen-bond donors (Lipinski definition) is 1. The molecule has 1 unspecified atom stereocenters. The minimum atomic E-state index is -1.37. The van der Waals surface area contributed by atoms with Crippen molar-refractivity contribution in [1.82, 2.24) is 9.55 Å². The van der Waals surface area contributed by atoms with Crippen LogP contribution in [-0.2, 0) is 0 Å². The van der Waals surface area contributed by atoms with Crippen LogP contribution in [-0.4, -0.2) is 27.0 Å². The van der Waals surface area contributed by atoms with Crippen molar-refractivity contribution >= 4 is 12.4 Å². The second-order valence-electron chi connectivity index (χ2n) is 4.81. The largest absolute Gasteiger partial charge is 0.512 e. The van der Waals surface area contributed by atoms with Crippen molar-refractivity contribution in [2.45, 2.75) is 25.8 Å². The Labute approximate surface area is 121 Å². The summed E-state index contributed by atoms with van der Waals surface area (Å²) in [4.78, 5) is 19.5. The van der Waals surface area contributed by atoms with E-state index in [0.29, 0.717) is 5.69 Å². The van der Waals surface area contributed by atoms with Gasteiger partial charge >= 0.3 is 6.16 Å². The lowest BCUT2D eigenvalue weighted by molar-refractivity contribution is 0.142. The van der Waals surface area contributed by atoms with Crippen LogP contribution in [0, 0.1) is 0 Å². The van der Waals surface area contributed by atoms with Gasteiger partial charge in [0.2, 0.25) is 5.88 Å². The number of carbonyl (C=O) groups is 1. The normalized spacial score (nSPS) is 16.0. The Hall–Kier alpha value is -2.63. The van der Waals surface area contributed by atoms with Gasteiger partial charge in [-0.1, -0.05) is 31.5 Å². The monoisotopic (exact) mass is 285 g/mol. The van der Waals surface area contributed by atoms with Gasteiger partial charge in [-0.2, -0.15) is 0 Å². The van der Waals surface area contributed by atoms with E-state index in [1.54, 1.807) is 6.33 Å².